The Balaban J connectivity index is 1.72. The van der Waals surface area contributed by atoms with Crippen LogP contribution < -0.4 is 11.3 Å². The molecule has 5 rings (SSSR count). The smallest absolute Gasteiger partial charge is 0.344 e. The lowest BCUT2D eigenvalue weighted by Crippen LogP contribution is -2.29. The number of hydrogen-bond acceptors (Lipinski definition) is 6. The van der Waals surface area contributed by atoms with Crippen molar-refractivity contribution in [2.75, 3.05) is 13.1 Å². The number of hydrogen-bond donors (Lipinski definition) is 1. The Labute approximate surface area is 182 Å². The molecule has 1 fully saturated rings. The van der Waals surface area contributed by atoms with E-state index in [0.29, 0.717) is 44.6 Å². The highest BCUT2D eigenvalue weighted by Crippen LogP contribution is 2.34. The minimum absolute atomic E-state index is 0.0655. The van der Waals surface area contributed by atoms with Crippen molar-refractivity contribution in [2.24, 2.45) is 0 Å². The van der Waals surface area contributed by atoms with Gasteiger partial charge in [0, 0.05) is 34.0 Å². The molecule has 2 aromatic heterocycles. The Morgan fingerprint density at radius 2 is 1.74 bits per heavy atom. The highest BCUT2D eigenvalue weighted by Gasteiger charge is 2.20. The zero-order valence-electron chi connectivity index (χ0n) is 16.7. The van der Waals surface area contributed by atoms with Crippen molar-refractivity contribution >= 4 is 33.5 Å². The van der Waals surface area contributed by atoms with Crippen molar-refractivity contribution in [1.82, 2.24) is 4.90 Å². The van der Waals surface area contributed by atoms with Gasteiger partial charge in [0.2, 0.25) is 0 Å². The van der Waals surface area contributed by atoms with E-state index in [4.69, 9.17) is 20.4 Å². The first-order valence-corrected chi connectivity index (χ1v) is 10.6. The number of nitrogens with zero attached hydrogens (tertiary/aromatic N) is 1. The average molecular weight is 438 g/mol. The molecule has 0 unspecified atom stereocenters. The van der Waals surface area contributed by atoms with Gasteiger partial charge in [-0.15, -0.1) is 0 Å². The van der Waals surface area contributed by atoms with Crippen LogP contribution in [0.5, 0.6) is 5.75 Å². The third-order valence-electron chi connectivity index (χ3n) is 5.81. The van der Waals surface area contributed by atoms with Crippen molar-refractivity contribution in [1.29, 1.82) is 0 Å². The van der Waals surface area contributed by atoms with Gasteiger partial charge >= 0.3 is 11.3 Å². The van der Waals surface area contributed by atoms with E-state index in [1.807, 2.05) is 0 Å². The summed E-state index contributed by atoms with van der Waals surface area (Å²) in [5, 5.41) is 12.3. The molecule has 7 heteroatoms. The Morgan fingerprint density at radius 1 is 0.935 bits per heavy atom. The second-order valence-corrected chi connectivity index (χ2v) is 8.32. The summed E-state index contributed by atoms with van der Waals surface area (Å²) in [6.45, 7) is 2.32. The Bertz CT molecular complexity index is 1420. The fraction of sp³-hybridized carbons (Fsp3) is 0.250. The molecule has 0 saturated carbocycles. The number of halogens is 1. The molecule has 158 valence electrons. The van der Waals surface area contributed by atoms with Gasteiger partial charge in [-0.05, 0) is 62.3 Å². The van der Waals surface area contributed by atoms with Crippen LogP contribution in [-0.4, -0.2) is 23.1 Å². The second kappa shape index (κ2) is 7.87. The number of rotatable bonds is 3. The lowest BCUT2D eigenvalue weighted by molar-refractivity contribution is 0.218. The van der Waals surface area contributed by atoms with Gasteiger partial charge in [-0.2, -0.15) is 0 Å². The van der Waals surface area contributed by atoms with E-state index in [2.05, 4.69) is 4.90 Å². The van der Waals surface area contributed by atoms with E-state index in [0.717, 1.165) is 25.9 Å². The summed E-state index contributed by atoms with van der Waals surface area (Å²) in [5.41, 5.74) is 0.731. The predicted octanol–water partition coefficient (Wildman–Crippen LogP) is 4.91. The summed E-state index contributed by atoms with van der Waals surface area (Å²) in [7, 11) is 0. The lowest BCUT2D eigenvalue weighted by Gasteiger charge is -2.26. The fourth-order valence-corrected chi connectivity index (χ4v) is 4.45. The van der Waals surface area contributed by atoms with Crippen molar-refractivity contribution < 1.29 is 13.9 Å². The zero-order chi connectivity index (χ0) is 21.5. The van der Waals surface area contributed by atoms with Crippen LogP contribution in [-0.2, 0) is 6.54 Å². The molecule has 1 saturated heterocycles. The van der Waals surface area contributed by atoms with Gasteiger partial charge in [-0.1, -0.05) is 18.0 Å². The summed E-state index contributed by atoms with van der Waals surface area (Å²) in [4.78, 5) is 27.4. The third-order valence-corrected chi connectivity index (χ3v) is 6.04. The summed E-state index contributed by atoms with van der Waals surface area (Å²) in [6.07, 6.45) is 3.39. The van der Waals surface area contributed by atoms with Crippen LogP contribution in [0.1, 0.15) is 24.8 Å². The highest BCUT2D eigenvalue weighted by molar-refractivity contribution is 6.31. The molecule has 1 aliphatic heterocycles. The van der Waals surface area contributed by atoms with Gasteiger partial charge in [0.05, 0.1) is 11.1 Å². The average Bonchev–Trinajstić information content (AvgIpc) is 2.76. The van der Waals surface area contributed by atoms with E-state index < -0.39 is 11.3 Å². The molecule has 2 aromatic carbocycles. The topological polar surface area (TPSA) is 83.9 Å². The van der Waals surface area contributed by atoms with Gasteiger partial charge in [0.1, 0.15) is 16.9 Å². The summed E-state index contributed by atoms with van der Waals surface area (Å²) in [6, 6.07) is 11.2. The lowest BCUT2D eigenvalue weighted by atomic mass is 9.99. The fourth-order valence-electron chi connectivity index (χ4n) is 4.27. The standard InChI is InChI=1S/C24H20ClNO5/c25-15-4-7-21-14(10-15)11-18(24(29)30-21)17-12-22(28)31-23-16(17)5-6-20(27)19(23)13-26-8-2-1-3-9-26/h4-7,10-12,27H,1-3,8-9,13H2. The van der Waals surface area contributed by atoms with E-state index in [9.17, 15) is 14.7 Å². The van der Waals surface area contributed by atoms with Crippen LogP contribution in [0.3, 0.4) is 0 Å². The van der Waals surface area contributed by atoms with E-state index in [-0.39, 0.29) is 11.3 Å². The molecule has 0 spiro atoms. The first-order chi connectivity index (χ1) is 15.0. The van der Waals surface area contributed by atoms with Crippen molar-refractivity contribution in [3.8, 4) is 16.9 Å². The molecule has 3 heterocycles. The number of benzene rings is 2. The number of fused-ring (bicyclic) bond motifs is 2. The maximum atomic E-state index is 12.8. The first kappa shape index (κ1) is 19.8. The molecule has 0 atom stereocenters. The molecule has 0 bridgehead atoms. The van der Waals surface area contributed by atoms with E-state index >= 15 is 0 Å². The maximum absolute atomic E-state index is 12.8. The maximum Gasteiger partial charge on any atom is 0.344 e. The quantitative estimate of drug-likeness (QED) is 0.458. The van der Waals surface area contributed by atoms with Crippen LogP contribution in [0.2, 0.25) is 5.02 Å². The third kappa shape index (κ3) is 3.73. The highest BCUT2D eigenvalue weighted by atomic mass is 35.5. The van der Waals surface area contributed by atoms with Crippen LogP contribution in [0.15, 0.2) is 60.9 Å². The van der Waals surface area contributed by atoms with Gasteiger partial charge in [0.15, 0.2) is 0 Å². The Kier molecular flexibility index (Phi) is 5.04. The van der Waals surface area contributed by atoms with Gasteiger partial charge in [-0.3, -0.25) is 4.90 Å². The van der Waals surface area contributed by atoms with Crippen LogP contribution in [0, 0.1) is 0 Å². The molecule has 31 heavy (non-hydrogen) atoms. The monoisotopic (exact) mass is 437 g/mol. The molecular formula is C24H20ClNO5. The number of phenols is 1. The predicted molar refractivity (Wildman–Crippen MR) is 120 cm³/mol. The minimum atomic E-state index is -0.599. The molecule has 0 radical (unpaired) electrons. The Morgan fingerprint density at radius 3 is 2.55 bits per heavy atom. The summed E-state index contributed by atoms with van der Waals surface area (Å²) in [5.74, 6) is 0.0655. The number of aromatic hydroxyl groups is 1. The summed E-state index contributed by atoms with van der Waals surface area (Å²) < 4.78 is 11.0. The summed E-state index contributed by atoms with van der Waals surface area (Å²) >= 11 is 6.09. The molecular weight excluding hydrogens is 418 g/mol. The molecule has 0 amide bonds. The van der Waals surface area contributed by atoms with Crippen LogP contribution >= 0.6 is 11.6 Å². The number of phenolic OH excluding ortho intramolecular Hbond substituents is 1. The first-order valence-electron chi connectivity index (χ1n) is 10.2. The minimum Gasteiger partial charge on any atom is -0.507 e. The molecule has 1 N–H and O–H groups in total. The van der Waals surface area contributed by atoms with E-state index in [1.165, 1.54) is 12.5 Å². The zero-order valence-corrected chi connectivity index (χ0v) is 17.4. The van der Waals surface area contributed by atoms with Crippen molar-refractivity contribution in [2.45, 2.75) is 25.8 Å². The number of piperidine rings is 1. The van der Waals surface area contributed by atoms with Gasteiger partial charge < -0.3 is 13.9 Å². The number of likely N-dealkylation sites (tertiary alicyclic amines) is 1. The van der Waals surface area contributed by atoms with Crippen molar-refractivity contribution in [3.63, 3.8) is 0 Å². The SMILES string of the molecule is O=c1cc(-c2cc3cc(Cl)ccc3oc2=O)c2ccc(O)c(CN3CCCCC3)c2o1. The molecule has 6 nitrogen and oxygen atoms in total. The van der Waals surface area contributed by atoms with Gasteiger partial charge in [-0.25, -0.2) is 9.59 Å². The van der Waals surface area contributed by atoms with Crippen LogP contribution in [0.4, 0.5) is 0 Å². The normalized spacial score (nSPS) is 15.0. The second-order valence-electron chi connectivity index (χ2n) is 7.89. The van der Waals surface area contributed by atoms with Crippen molar-refractivity contribution in [3.05, 3.63) is 73.9 Å². The molecule has 0 aliphatic carbocycles. The largest absolute Gasteiger partial charge is 0.507 e. The van der Waals surface area contributed by atoms with Crippen LogP contribution in [0.25, 0.3) is 33.1 Å². The molecule has 4 aromatic rings. The van der Waals surface area contributed by atoms with Gasteiger partial charge in [0.25, 0.3) is 0 Å². The van der Waals surface area contributed by atoms with E-state index in [1.54, 1.807) is 36.4 Å². The molecule has 1 aliphatic rings. The Hall–Kier alpha value is -3.09.